The van der Waals surface area contributed by atoms with Gasteiger partial charge in [0.05, 0.1) is 13.2 Å². The molecule has 1 fully saturated rings. The SMILES string of the molecule is C#CC(C)N1CCC1C(=O)OC. The van der Waals surface area contributed by atoms with E-state index in [-0.39, 0.29) is 18.1 Å². The van der Waals surface area contributed by atoms with Gasteiger partial charge in [-0.3, -0.25) is 9.69 Å². The van der Waals surface area contributed by atoms with Crippen molar-refractivity contribution >= 4 is 5.97 Å². The van der Waals surface area contributed by atoms with Gasteiger partial charge in [0.2, 0.25) is 0 Å². The van der Waals surface area contributed by atoms with Crippen molar-refractivity contribution in [3.05, 3.63) is 0 Å². The van der Waals surface area contributed by atoms with Crippen LogP contribution >= 0.6 is 0 Å². The van der Waals surface area contributed by atoms with Gasteiger partial charge in [-0.05, 0) is 13.3 Å². The average molecular weight is 167 g/mol. The Hall–Kier alpha value is -1.01. The van der Waals surface area contributed by atoms with Gasteiger partial charge in [-0.1, -0.05) is 5.92 Å². The van der Waals surface area contributed by atoms with Crippen molar-refractivity contribution in [2.45, 2.75) is 25.4 Å². The van der Waals surface area contributed by atoms with E-state index in [9.17, 15) is 4.79 Å². The molecule has 1 heterocycles. The number of terminal acetylenes is 1. The molecule has 3 nitrogen and oxygen atoms in total. The second kappa shape index (κ2) is 3.59. The molecule has 3 heteroatoms. The second-order valence-corrected chi connectivity index (χ2v) is 2.91. The summed E-state index contributed by atoms with van der Waals surface area (Å²) in [5.74, 6) is 2.42. The van der Waals surface area contributed by atoms with Crippen LogP contribution in [0.3, 0.4) is 0 Å². The molecule has 0 saturated carbocycles. The standard InChI is InChI=1S/C9H13NO2/c1-4-7(2)10-6-5-8(10)9(11)12-3/h1,7-8H,5-6H2,2-3H3. The summed E-state index contributed by atoms with van der Waals surface area (Å²) in [6.45, 7) is 2.81. The monoisotopic (exact) mass is 167 g/mol. The Labute approximate surface area is 72.7 Å². The maximum absolute atomic E-state index is 11.1. The quantitative estimate of drug-likeness (QED) is 0.436. The zero-order valence-corrected chi connectivity index (χ0v) is 7.41. The van der Waals surface area contributed by atoms with E-state index < -0.39 is 0 Å². The maximum atomic E-state index is 11.1. The number of hydrogen-bond donors (Lipinski definition) is 0. The lowest BCUT2D eigenvalue weighted by atomic mass is 10.0. The molecule has 0 N–H and O–H groups in total. The smallest absolute Gasteiger partial charge is 0.323 e. The fraction of sp³-hybridized carbons (Fsp3) is 0.667. The Bertz CT molecular complexity index is 219. The van der Waals surface area contributed by atoms with Crippen molar-refractivity contribution in [2.24, 2.45) is 0 Å². The molecule has 2 atom stereocenters. The van der Waals surface area contributed by atoms with E-state index >= 15 is 0 Å². The predicted molar refractivity (Wildman–Crippen MR) is 45.4 cm³/mol. The molecule has 0 amide bonds. The number of rotatable bonds is 2. The highest BCUT2D eigenvalue weighted by atomic mass is 16.5. The van der Waals surface area contributed by atoms with Crippen LogP contribution < -0.4 is 0 Å². The molecule has 0 radical (unpaired) electrons. The summed E-state index contributed by atoms with van der Waals surface area (Å²) >= 11 is 0. The number of carbonyl (C=O) groups excluding carboxylic acids is 1. The summed E-state index contributed by atoms with van der Waals surface area (Å²) in [6, 6.07) is -0.0797. The van der Waals surface area contributed by atoms with Gasteiger partial charge in [-0.15, -0.1) is 6.42 Å². The van der Waals surface area contributed by atoms with Gasteiger partial charge < -0.3 is 4.74 Å². The zero-order chi connectivity index (χ0) is 9.14. The molecule has 0 aromatic carbocycles. The molecular formula is C9H13NO2. The number of ether oxygens (including phenoxy) is 1. The highest BCUT2D eigenvalue weighted by Gasteiger charge is 2.37. The van der Waals surface area contributed by atoms with E-state index in [1.54, 1.807) is 0 Å². The molecule has 2 unspecified atom stereocenters. The largest absolute Gasteiger partial charge is 0.468 e. The molecule has 1 rings (SSSR count). The third kappa shape index (κ3) is 1.44. The van der Waals surface area contributed by atoms with E-state index in [2.05, 4.69) is 10.7 Å². The minimum atomic E-state index is -0.177. The predicted octanol–water partition coefficient (Wildman–Crippen LogP) is 0.255. The maximum Gasteiger partial charge on any atom is 0.323 e. The van der Waals surface area contributed by atoms with Crippen LogP contribution in [0.25, 0.3) is 0 Å². The topological polar surface area (TPSA) is 29.5 Å². The number of methoxy groups -OCH3 is 1. The summed E-state index contributed by atoms with van der Waals surface area (Å²) in [7, 11) is 1.40. The number of nitrogens with zero attached hydrogens (tertiary/aromatic N) is 1. The Morgan fingerprint density at radius 3 is 2.83 bits per heavy atom. The number of carbonyl (C=O) groups is 1. The Morgan fingerprint density at radius 2 is 2.50 bits per heavy atom. The van der Waals surface area contributed by atoms with E-state index in [0.29, 0.717) is 0 Å². The fourth-order valence-electron chi connectivity index (χ4n) is 1.36. The van der Waals surface area contributed by atoms with Gasteiger partial charge >= 0.3 is 5.97 Å². The normalized spacial score (nSPS) is 25.2. The molecule has 0 aromatic rings. The Balaban J connectivity index is 2.50. The molecule has 0 aromatic heterocycles. The highest BCUT2D eigenvalue weighted by Crippen LogP contribution is 2.20. The minimum Gasteiger partial charge on any atom is -0.468 e. The summed E-state index contributed by atoms with van der Waals surface area (Å²) in [6.07, 6.45) is 6.10. The number of hydrogen-bond acceptors (Lipinski definition) is 3. The van der Waals surface area contributed by atoms with Crippen LogP contribution in [0, 0.1) is 12.3 Å². The molecule has 66 valence electrons. The summed E-state index contributed by atoms with van der Waals surface area (Å²) in [5.41, 5.74) is 0. The van der Waals surface area contributed by atoms with E-state index in [1.165, 1.54) is 7.11 Å². The van der Waals surface area contributed by atoms with Crippen molar-refractivity contribution in [3.8, 4) is 12.3 Å². The Morgan fingerprint density at radius 1 is 1.83 bits per heavy atom. The second-order valence-electron chi connectivity index (χ2n) is 2.91. The van der Waals surface area contributed by atoms with Gasteiger partial charge in [-0.2, -0.15) is 0 Å². The van der Waals surface area contributed by atoms with Gasteiger partial charge in [0, 0.05) is 6.54 Å². The van der Waals surface area contributed by atoms with Gasteiger partial charge in [0.25, 0.3) is 0 Å². The zero-order valence-electron chi connectivity index (χ0n) is 7.41. The number of esters is 1. The van der Waals surface area contributed by atoms with Crippen molar-refractivity contribution in [2.75, 3.05) is 13.7 Å². The van der Waals surface area contributed by atoms with Gasteiger partial charge in [-0.25, -0.2) is 0 Å². The highest BCUT2D eigenvalue weighted by molar-refractivity contribution is 5.76. The van der Waals surface area contributed by atoms with Crippen LogP contribution in [0.5, 0.6) is 0 Å². The van der Waals surface area contributed by atoms with Crippen LogP contribution in [0.15, 0.2) is 0 Å². The fourth-order valence-corrected chi connectivity index (χ4v) is 1.36. The van der Waals surface area contributed by atoms with Crippen molar-refractivity contribution in [1.82, 2.24) is 4.90 Å². The lowest BCUT2D eigenvalue weighted by molar-refractivity contribution is -0.152. The first-order valence-electron chi connectivity index (χ1n) is 4.00. The first kappa shape index (κ1) is 9.08. The van der Waals surface area contributed by atoms with Crippen LogP contribution in [0.4, 0.5) is 0 Å². The van der Waals surface area contributed by atoms with Crippen molar-refractivity contribution in [1.29, 1.82) is 0 Å². The minimum absolute atomic E-state index is 0.0304. The van der Waals surface area contributed by atoms with Crippen LogP contribution in [0.1, 0.15) is 13.3 Å². The first-order valence-corrected chi connectivity index (χ1v) is 4.00. The van der Waals surface area contributed by atoms with Crippen molar-refractivity contribution < 1.29 is 9.53 Å². The van der Waals surface area contributed by atoms with Gasteiger partial charge in [0.15, 0.2) is 0 Å². The van der Waals surface area contributed by atoms with Crippen LogP contribution in [-0.4, -0.2) is 36.6 Å². The van der Waals surface area contributed by atoms with E-state index in [1.807, 2.05) is 11.8 Å². The average Bonchev–Trinajstić information content (AvgIpc) is 2.02. The molecule has 1 aliphatic rings. The molecule has 0 bridgehead atoms. The summed E-state index contributed by atoms with van der Waals surface area (Å²) in [5, 5.41) is 0. The molecule has 1 saturated heterocycles. The molecule has 1 aliphatic heterocycles. The third-order valence-corrected chi connectivity index (χ3v) is 2.27. The van der Waals surface area contributed by atoms with E-state index in [0.717, 1.165) is 13.0 Å². The van der Waals surface area contributed by atoms with Crippen LogP contribution in [-0.2, 0) is 9.53 Å². The molecule has 12 heavy (non-hydrogen) atoms. The summed E-state index contributed by atoms with van der Waals surface area (Å²) in [4.78, 5) is 13.1. The van der Waals surface area contributed by atoms with E-state index in [4.69, 9.17) is 6.42 Å². The number of likely N-dealkylation sites (tertiary alicyclic amines) is 1. The van der Waals surface area contributed by atoms with Crippen LogP contribution in [0.2, 0.25) is 0 Å². The molecule has 0 aliphatic carbocycles. The lowest BCUT2D eigenvalue weighted by Crippen LogP contribution is -2.56. The Kier molecular flexibility index (Phi) is 2.72. The van der Waals surface area contributed by atoms with Gasteiger partial charge in [0.1, 0.15) is 6.04 Å². The summed E-state index contributed by atoms with van der Waals surface area (Å²) < 4.78 is 4.63. The third-order valence-electron chi connectivity index (χ3n) is 2.27. The molecular weight excluding hydrogens is 154 g/mol. The van der Waals surface area contributed by atoms with Crippen molar-refractivity contribution in [3.63, 3.8) is 0 Å². The molecule has 0 spiro atoms. The first-order chi connectivity index (χ1) is 5.70. The lowest BCUT2D eigenvalue weighted by Gasteiger charge is -2.40.